The molecule has 1 aromatic heterocycles. The molecule has 5 nitrogen and oxygen atoms in total. The van der Waals surface area contributed by atoms with E-state index in [2.05, 4.69) is 76.6 Å². The number of fused-ring (bicyclic) bond motifs is 1. The van der Waals surface area contributed by atoms with Gasteiger partial charge in [-0.05, 0) is 101 Å². The van der Waals surface area contributed by atoms with Crippen molar-refractivity contribution in [1.82, 2.24) is 9.99 Å². The van der Waals surface area contributed by atoms with Crippen LogP contribution in [0.1, 0.15) is 27.2 Å². The predicted octanol–water partition coefficient (Wildman–Crippen LogP) is 7.95. The van der Waals surface area contributed by atoms with Crippen molar-refractivity contribution < 1.29 is 9.53 Å². The second-order valence-corrected chi connectivity index (χ2v) is 9.85. The Morgan fingerprint density at radius 2 is 1.51 bits per heavy atom. The number of hydrogen-bond donors (Lipinski definition) is 1. The number of nitrogens with one attached hydrogen (secondary N) is 1. The lowest BCUT2D eigenvalue weighted by Crippen LogP contribution is -2.17. The lowest BCUT2D eigenvalue weighted by molar-refractivity contribution is 0.0955. The Balaban J connectivity index is 1.05. The van der Waals surface area contributed by atoms with Crippen LogP contribution in [0.15, 0.2) is 139 Å². The summed E-state index contributed by atoms with van der Waals surface area (Å²) in [5.41, 5.74) is 9.49. The fourth-order valence-electron chi connectivity index (χ4n) is 4.85. The second kappa shape index (κ2) is 11.8. The number of carbonyl (C=O) groups is 1. The number of hydrogen-bond acceptors (Lipinski definition) is 3. The molecule has 0 saturated heterocycles. The summed E-state index contributed by atoms with van der Waals surface area (Å²) in [6.07, 6.45) is 1.62. The average molecular weight is 536 g/mol. The molecule has 5 aromatic carbocycles. The third-order valence-electron chi connectivity index (χ3n) is 7.01. The smallest absolute Gasteiger partial charge is 0.271 e. The van der Waals surface area contributed by atoms with Gasteiger partial charge in [0.15, 0.2) is 0 Å². The van der Waals surface area contributed by atoms with Crippen LogP contribution in [0.5, 0.6) is 5.75 Å². The van der Waals surface area contributed by atoms with Crippen molar-refractivity contribution in [2.75, 3.05) is 0 Å². The molecule has 1 amide bonds. The number of ether oxygens (including phenoxy) is 1. The van der Waals surface area contributed by atoms with Crippen molar-refractivity contribution in [3.63, 3.8) is 0 Å². The summed E-state index contributed by atoms with van der Waals surface area (Å²) < 4.78 is 8.14. The molecule has 0 radical (unpaired) electrons. The summed E-state index contributed by atoms with van der Waals surface area (Å²) in [7, 11) is 0. The van der Waals surface area contributed by atoms with E-state index in [1.165, 1.54) is 10.8 Å². The molecule has 1 heterocycles. The van der Waals surface area contributed by atoms with Gasteiger partial charge in [0.1, 0.15) is 12.4 Å². The minimum atomic E-state index is -0.268. The van der Waals surface area contributed by atoms with Gasteiger partial charge in [0, 0.05) is 16.9 Å². The first-order valence-electron chi connectivity index (χ1n) is 13.5. The number of benzene rings is 5. The average Bonchev–Trinajstić information content (AvgIpc) is 3.42. The van der Waals surface area contributed by atoms with E-state index >= 15 is 0 Å². The fraction of sp³-hybridized carbons (Fsp3) is 0.0556. The summed E-state index contributed by atoms with van der Waals surface area (Å²) in [4.78, 5) is 12.7. The zero-order valence-corrected chi connectivity index (χ0v) is 22.7. The monoisotopic (exact) mass is 535 g/mol. The van der Waals surface area contributed by atoms with E-state index in [0.29, 0.717) is 12.2 Å². The van der Waals surface area contributed by atoms with E-state index in [0.717, 1.165) is 39.5 Å². The van der Waals surface area contributed by atoms with E-state index in [9.17, 15) is 4.79 Å². The zero-order valence-electron chi connectivity index (χ0n) is 22.7. The molecule has 0 atom stereocenters. The Morgan fingerprint density at radius 1 is 0.780 bits per heavy atom. The van der Waals surface area contributed by atoms with Crippen LogP contribution in [0.2, 0.25) is 0 Å². The number of aromatic nitrogens is 1. The molecular formula is C36H29N3O2. The van der Waals surface area contributed by atoms with Gasteiger partial charge in [0.25, 0.3) is 5.91 Å². The molecule has 0 aliphatic heterocycles. The Bertz CT molecular complexity index is 1820. The van der Waals surface area contributed by atoms with Crippen molar-refractivity contribution in [3.05, 3.63) is 156 Å². The molecule has 1 N–H and O–H groups in total. The van der Waals surface area contributed by atoms with Gasteiger partial charge < -0.3 is 9.30 Å². The molecule has 6 rings (SSSR count). The fourth-order valence-corrected chi connectivity index (χ4v) is 4.85. The molecule has 0 saturated carbocycles. The SMILES string of the molecule is Cc1ccc(-c2ccccc2)n1-c1ccc(C(=O)N/N=C/c2ccc(OCc3ccc4ccccc4c3)cc2)cc1. The van der Waals surface area contributed by atoms with Crippen LogP contribution in [0.3, 0.4) is 0 Å². The number of carbonyl (C=O) groups excluding carboxylic acids is 1. The molecule has 0 aliphatic rings. The number of aryl methyl sites for hydroxylation is 1. The van der Waals surface area contributed by atoms with Crippen LogP contribution < -0.4 is 10.2 Å². The van der Waals surface area contributed by atoms with Gasteiger partial charge in [0.05, 0.1) is 11.9 Å². The number of rotatable bonds is 8. The first kappa shape index (κ1) is 25.8. The molecular weight excluding hydrogens is 506 g/mol. The summed E-state index contributed by atoms with van der Waals surface area (Å²) >= 11 is 0. The first-order valence-corrected chi connectivity index (χ1v) is 13.5. The Labute approximate surface area is 239 Å². The van der Waals surface area contributed by atoms with E-state index in [4.69, 9.17) is 4.74 Å². The highest BCUT2D eigenvalue weighted by molar-refractivity contribution is 5.95. The maximum Gasteiger partial charge on any atom is 0.271 e. The lowest BCUT2D eigenvalue weighted by atomic mass is 10.1. The normalized spacial score (nSPS) is 11.1. The minimum absolute atomic E-state index is 0.268. The second-order valence-electron chi connectivity index (χ2n) is 9.85. The Morgan fingerprint density at radius 3 is 2.29 bits per heavy atom. The van der Waals surface area contributed by atoms with Gasteiger partial charge >= 0.3 is 0 Å². The third-order valence-corrected chi connectivity index (χ3v) is 7.01. The van der Waals surface area contributed by atoms with Crippen LogP contribution in [-0.4, -0.2) is 16.7 Å². The summed E-state index contributed by atoms with van der Waals surface area (Å²) in [5, 5.41) is 6.56. The van der Waals surface area contributed by atoms with Crippen LogP contribution in [0.4, 0.5) is 0 Å². The van der Waals surface area contributed by atoms with E-state index in [1.807, 2.05) is 78.9 Å². The van der Waals surface area contributed by atoms with E-state index < -0.39 is 0 Å². The summed E-state index contributed by atoms with van der Waals surface area (Å²) in [6, 6.07) is 44.3. The van der Waals surface area contributed by atoms with Gasteiger partial charge in [-0.2, -0.15) is 5.10 Å². The molecule has 0 unspecified atom stereocenters. The van der Waals surface area contributed by atoms with E-state index in [1.54, 1.807) is 6.21 Å². The first-order chi connectivity index (χ1) is 20.1. The standard InChI is InChI=1S/C36H29N3O2/c1-26-11-22-35(30-8-3-2-4-9-30)39(26)33-18-16-31(17-19-33)36(40)38-37-24-27-13-20-34(21-14-27)41-25-28-12-15-29-7-5-6-10-32(29)23-28/h2-24H,25H2,1H3,(H,38,40)/b37-24+. The summed E-state index contributed by atoms with van der Waals surface area (Å²) in [6.45, 7) is 2.57. The van der Waals surface area contributed by atoms with Crippen molar-refractivity contribution in [2.24, 2.45) is 5.10 Å². The van der Waals surface area contributed by atoms with Gasteiger partial charge in [-0.1, -0.05) is 66.7 Å². The maximum absolute atomic E-state index is 12.7. The van der Waals surface area contributed by atoms with Crippen molar-refractivity contribution in [1.29, 1.82) is 0 Å². The zero-order chi connectivity index (χ0) is 28.0. The molecule has 0 aliphatic carbocycles. The Kier molecular flexibility index (Phi) is 7.41. The molecule has 0 bridgehead atoms. The molecule has 0 fully saturated rings. The van der Waals surface area contributed by atoms with Gasteiger partial charge in [-0.15, -0.1) is 0 Å². The van der Waals surface area contributed by atoms with Crippen molar-refractivity contribution >= 4 is 22.9 Å². The van der Waals surface area contributed by atoms with Crippen LogP contribution in [0.25, 0.3) is 27.7 Å². The molecule has 5 heteroatoms. The van der Waals surface area contributed by atoms with Gasteiger partial charge in [-0.3, -0.25) is 4.79 Å². The van der Waals surface area contributed by atoms with Crippen LogP contribution in [-0.2, 0) is 6.61 Å². The molecule has 200 valence electrons. The lowest BCUT2D eigenvalue weighted by Gasteiger charge is -2.12. The third kappa shape index (κ3) is 5.94. The quantitative estimate of drug-likeness (QED) is 0.159. The van der Waals surface area contributed by atoms with Gasteiger partial charge in [0.2, 0.25) is 0 Å². The van der Waals surface area contributed by atoms with E-state index in [-0.39, 0.29) is 5.91 Å². The highest BCUT2D eigenvalue weighted by Crippen LogP contribution is 2.26. The Hall–Kier alpha value is -5.42. The van der Waals surface area contributed by atoms with Gasteiger partial charge in [-0.25, -0.2) is 5.43 Å². The number of amides is 1. The molecule has 6 aromatic rings. The predicted molar refractivity (Wildman–Crippen MR) is 166 cm³/mol. The minimum Gasteiger partial charge on any atom is -0.489 e. The molecule has 0 spiro atoms. The molecule has 41 heavy (non-hydrogen) atoms. The largest absolute Gasteiger partial charge is 0.489 e. The number of hydrazone groups is 1. The summed E-state index contributed by atoms with van der Waals surface area (Å²) in [5.74, 6) is 0.503. The van der Waals surface area contributed by atoms with Crippen molar-refractivity contribution in [2.45, 2.75) is 13.5 Å². The number of nitrogens with zero attached hydrogens (tertiary/aromatic N) is 2. The topological polar surface area (TPSA) is 55.6 Å². The van der Waals surface area contributed by atoms with Crippen molar-refractivity contribution in [3.8, 4) is 22.7 Å². The highest BCUT2D eigenvalue weighted by atomic mass is 16.5. The van der Waals surface area contributed by atoms with Crippen LogP contribution in [0, 0.1) is 6.92 Å². The maximum atomic E-state index is 12.7. The van der Waals surface area contributed by atoms with Crippen LogP contribution >= 0.6 is 0 Å². The highest BCUT2D eigenvalue weighted by Gasteiger charge is 2.11.